The monoisotopic (exact) mass is 440 g/mol. The van der Waals surface area contributed by atoms with Gasteiger partial charge in [-0.3, -0.25) is 24.6 Å². The lowest BCUT2D eigenvalue weighted by atomic mass is 10.0. The Morgan fingerprint density at radius 2 is 1.61 bits per heavy atom. The fraction of sp³-hybridized carbons (Fsp3) is 0.273. The fourth-order valence-corrected chi connectivity index (χ4v) is 4.03. The normalized spacial score (nSPS) is 17.6. The molecule has 4 rings (SSSR count). The minimum absolute atomic E-state index is 0.0606. The summed E-state index contributed by atoms with van der Waals surface area (Å²) >= 11 is 6.26. The zero-order valence-corrected chi connectivity index (χ0v) is 17.7. The van der Waals surface area contributed by atoms with E-state index in [9.17, 15) is 19.7 Å². The molecule has 1 fully saturated rings. The summed E-state index contributed by atoms with van der Waals surface area (Å²) in [5, 5.41) is 11.5. The zero-order chi connectivity index (χ0) is 22.1. The molecule has 9 heteroatoms. The second-order valence-electron chi connectivity index (χ2n) is 7.61. The molecular weight excluding hydrogens is 420 g/mol. The second kappa shape index (κ2) is 8.49. The standard InChI is InChI=1S/C22H21ClN4O4/c1-24-10-12-25(13-11-24)20-19(15-6-8-17(9-7-15)27(30)31)21(28)26(22(20)29)14-16-4-2-3-5-18(16)23/h2-9H,10-14H2,1H3. The van der Waals surface area contributed by atoms with Gasteiger partial charge in [-0.25, -0.2) is 0 Å². The highest BCUT2D eigenvalue weighted by molar-refractivity contribution is 6.35. The minimum Gasteiger partial charge on any atom is -0.364 e. The van der Waals surface area contributed by atoms with Gasteiger partial charge in [0.05, 0.1) is 17.0 Å². The van der Waals surface area contributed by atoms with E-state index >= 15 is 0 Å². The lowest BCUT2D eigenvalue weighted by Crippen LogP contribution is -2.46. The molecule has 0 radical (unpaired) electrons. The van der Waals surface area contributed by atoms with Crippen molar-refractivity contribution >= 4 is 34.7 Å². The van der Waals surface area contributed by atoms with Crippen LogP contribution >= 0.6 is 11.6 Å². The molecule has 2 aliphatic heterocycles. The summed E-state index contributed by atoms with van der Waals surface area (Å²) in [6.45, 7) is 2.82. The summed E-state index contributed by atoms with van der Waals surface area (Å²) in [5.74, 6) is -0.796. The average Bonchev–Trinajstić information content (AvgIpc) is 3.00. The van der Waals surface area contributed by atoms with Gasteiger partial charge in [0, 0.05) is 43.3 Å². The lowest BCUT2D eigenvalue weighted by molar-refractivity contribution is -0.384. The first kappa shape index (κ1) is 21.0. The molecule has 8 nitrogen and oxygen atoms in total. The summed E-state index contributed by atoms with van der Waals surface area (Å²) in [4.78, 5) is 42.6. The molecule has 2 aromatic rings. The molecule has 2 amide bonds. The van der Waals surface area contributed by atoms with Gasteiger partial charge in [-0.2, -0.15) is 0 Å². The van der Waals surface area contributed by atoms with Crippen LogP contribution in [0.1, 0.15) is 11.1 Å². The number of amides is 2. The van der Waals surface area contributed by atoms with Crippen LogP contribution in [0.2, 0.25) is 5.02 Å². The summed E-state index contributed by atoms with van der Waals surface area (Å²) in [6, 6.07) is 12.8. The molecule has 1 saturated heterocycles. The maximum atomic E-state index is 13.4. The quantitative estimate of drug-likeness (QED) is 0.403. The molecule has 2 heterocycles. The van der Waals surface area contributed by atoms with Crippen molar-refractivity contribution in [3.05, 3.63) is 80.5 Å². The number of piperazine rings is 1. The van der Waals surface area contributed by atoms with Gasteiger partial charge in [0.1, 0.15) is 5.70 Å². The molecule has 0 unspecified atom stereocenters. The predicted octanol–water partition coefficient (Wildman–Crippen LogP) is 2.78. The second-order valence-corrected chi connectivity index (χ2v) is 8.01. The van der Waals surface area contributed by atoms with Crippen LogP contribution in [0.4, 0.5) is 5.69 Å². The van der Waals surface area contributed by atoms with Gasteiger partial charge >= 0.3 is 0 Å². The van der Waals surface area contributed by atoms with E-state index in [1.54, 1.807) is 24.3 Å². The molecule has 160 valence electrons. The van der Waals surface area contributed by atoms with Crippen molar-refractivity contribution in [1.82, 2.24) is 14.7 Å². The largest absolute Gasteiger partial charge is 0.364 e. The molecule has 2 aromatic carbocycles. The number of hydrogen-bond acceptors (Lipinski definition) is 6. The van der Waals surface area contributed by atoms with E-state index in [0.29, 0.717) is 34.9 Å². The summed E-state index contributed by atoms with van der Waals surface area (Å²) in [5.41, 5.74) is 1.71. The highest BCUT2D eigenvalue weighted by Crippen LogP contribution is 2.34. The first-order chi connectivity index (χ1) is 14.9. The van der Waals surface area contributed by atoms with Gasteiger partial charge in [-0.1, -0.05) is 29.8 Å². The fourth-order valence-electron chi connectivity index (χ4n) is 3.84. The Bertz CT molecular complexity index is 1080. The number of halogens is 1. The van der Waals surface area contributed by atoms with Crippen molar-refractivity contribution in [2.24, 2.45) is 0 Å². The average molecular weight is 441 g/mol. The summed E-state index contributed by atoms with van der Waals surface area (Å²) < 4.78 is 0. The first-order valence-corrected chi connectivity index (χ1v) is 10.3. The molecule has 0 N–H and O–H groups in total. The highest BCUT2D eigenvalue weighted by atomic mass is 35.5. The zero-order valence-electron chi connectivity index (χ0n) is 17.0. The van der Waals surface area contributed by atoms with Gasteiger partial charge in [0.2, 0.25) is 0 Å². The van der Waals surface area contributed by atoms with Crippen LogP contribution in [-0.2, 0) is 16.1 Å². The van der Waals surface area contributed by atoms with Crippen LogP contribution < -0.4 is 0 Å². The first-order valence-electron chi connectivity index (χ1n) is 9.89. The lowest BCUT2D eigenvalue weighted by Gasteiger charge is -2.34. The Hall–Kier alpha value is -3.23. The molecule has 0 saturated carbocycles. The van der Waals surface area contributed by atoms with Gasteiger partial charge in [0.25, 0.3) is 17.5 Å². The van der Waals surface area contributed by atoms with Gasteiger partial charge < -0.3 is 9.80 Å². The number of rotatable bonds is 5. The van der Waals surface area contributed by atoms with Gasteiger partial charge in [0.15, 0.2) is 0 Å². The number of imide groups is 1. The van der Waals surface area contributed by atoms with Crippen molar-refractivity contribution in [2.45, 2.75) is 6.54 Å². The molecular formula is C22H21ClN4O4. The molecule has 0 aromatic heterocycles. The predicted molar refractivity (Wildman–Crippen MR) is 116 cm³/mol. The molecule has 31 heavy (non-hydrogen) atoms. The Kier molecular flexibility index (Phi) is 5.75. The van der Waals surface area contributed by atoms with Crippen molar-refractivity contribution in [3.63, 3.8) is 0 Å². The third-order valence-corrected chi connectivity index (χ3v) is 5.98. The smallest absolute Gasteiger partial charge is 0.278 e. The van der Waals surface area contributed by atoms with E-state index in [1.807, 2.05) is 11.9 Å². The SMILES string of the molecule is CN1CCN(C2=C(c3ccc([N+](=O)[O-])cc3)C(=O)N(Cc3ccccc3Cl)C2=O)CC1. The number of hydrogen-bond donors (Lipinski definition) is 0. The van der Waals surface area contributed by atoms with Crippen LogP contribution in [-0.4, -0.2) is 64.7 Å². The topological polar surface area (TPSA) is 87.0 Å². The van der Waals surface area contributed by atoms with E-state index < -0.39 is 10.8 Å². The minimum atomic E-state index is -0.495. The maximum Gasteiger partial charge on any atom is 0.278 e. The van der Waals surface area contributed by atoms with Crippen LogP contribution in [0.5, 0.6) is 0 Å². The van der Waals surface area contributed by atoms with E-state index in [0.717, 1.165) is 13.1 Å². The third kappa shape index (κ3) is 4.04. The molecule has 2 aliphatic rings. The molecule has 0 atom stereocenters. The Balaban J connectivity index is 1.74. The van der Waals surface area contributed by atoms with Crippen LogP contribution in [0.15, 0.2) is 54.2 Å². The molecule has 0 spiro atoms. The number of carbonyl (C=O) groups is 2. The van der Waals surface area contributed by atoms with Crippen molar-refractivity contribution in [3.8, 4) is 0 Å². The van der Waals surface area contributed by atoms with Gasteiger partial charge in [-0.15, -0.1) is 0 Å². The van der Waals surface area contributed by atoms with E-state index in [2.05, 4.69) is 4.90 Å². The van der Waals surface area contributed by atoms with Crippen LogP contribution in [0.3, 0.4) is 0 Å². The van der Waals surface area contributed by atoms with Crippen molar-refractivity contribution in [2.75, 3.05) is 33.2 Å². The Morgan fingerprint density at radius 1 is 0.968 bits per heavy atom. The number of carbonyl (C=O) groups excluding carboxylic acids is 2. The number of likely N-dealkylation sites (N-methyl/N-ethyl adjacent to an activating group) is 1. The van der Waals surface area contributed by atoms with E-state index in [-0.39, 0.29) is 23.7 Å². The van der Waals surface area contributed by atoms with Crippen molar-refractivity contribution in [1.29, 1.82) is 0 Å². The third-order valence-electron chi connectivity index (χ3n) is 5.62. The molecule has 0 aliphatic carbocycles. The number of non-ortho nitro benzene ring substituents is 1. The molecule has 0 bridgehead atoms. The number of benzene rings is 2. The summed E-state index contributed by atoms with van der Waals surface area (Å²) in [6.07, 6.45) is 0. The van der Waals surface area contributed by atoms with E-state index in [4.69, 9.17) is 11.6 Å². The number of nitro groups is 1. The van der Waals surface area contributed by atoms with E-state index in [1.165, 1.54) is 29.2 Å². The number of nitrogens with zero attached hydrogens (tertiary/aromatic N) is 4. The summed E-state index contributed by atoms with van der Waals surface area (Å²) in [7, 11) is 2.01. The van der Waals surface area contributed by atoms with Crippen LogP contribution in [0.25, 0.3) is 5.57 Å². The number of nitro benzene ring substituents is 1. The Labute approximate surface area is 184 Å². The van der Waals surface area contributed by atoms with Crippen molar-refractivity contribution < 1.29 is 14.5 Å². The maximum absolute atomic E-state index is 13.4. The van der Waals surface area contributed by atoms with Gasteiger partial charge in [-0.05, 0) is 36.4 Å². The Morgan fingerprint density at radius 3 is 2.23 bits per heavy atom. The van der Waals surface area contributed by atoms with Crippen LogP contribution in [0, 0.1) is 10.1 Å². The highest BCUT2D eigenvalue weighted by Gasteiger charge is 2.42.